The molecule has 2 aliphatic carbocycles. The molecular weight excluding hydrogens is 390 g/mol. The Morgan fingerprint density at radius 1 is 1.32 bits per heavy atom. The molecule has 6 unspecified atom stereocenters. The third-order valence-electron chi connectivity index (χ3n) is 8.62. The van der Waals surface area contributed by atoms with Crippen LogP contribution < -0.4 is 4.74 Å². The SMILES string of the molecule is COc1cc2c(cc1O)CCN(CC1C(=O)OC3CC4(C)CCCC(C)C4=CC31)C2C. The van der Waals surface area contributed by atoms with E-state index in [0.717, 1.165) is 25.9 Å². The fourth-order valence-corrected chi connectivity index (χ4v) is 6.81. The minimum absolute atomic E-state index is 0.0250. The van der Waals surface area contributed by atoms with Gasteiger partial charge in [0, 0.05) is 25.0 Å². The Bertz CT molecular complexity index is 924. The molecule has 5 heteroatoms. The molecule has 1 saturated heterocycles. The molecule has 168 valence electrons. The Morgan fingerprint density at radius 3 is 2.90 bits per heavy atom. The molecule has 5 rings (SSSR count). The summed E-state index contributed by atoms with van der Waals surface area (Å²) in [6.07, 6.45) is 8.05. The Labute approximate surface area is 185 Å². The molecule has 2 heterocycles. The van der Waals surface area contributed by atoms with E-state index in [1.54, 1.807) is 12.7 Å². The molecule has 1 N–H and O–H groups in total. The molecule has 1 aromatic carbocycles. The van der Waals surface area contributed by atoms with Gasteiger partial charge in [-0.2, -0.15) is 0 Å². The molecule has 0 bridgehead atoms. The number of phenolic OH excluding ortho intramolecular Hbond substituents is 1. The van der Waals surface area contributed by atoms with Gasteiger partial charge in [0.1, 0.15) is 6.10 Å². The topological polar surface area (TPSA) is 59.0 Å². The van der Waals surface area contributed by atoms with Gasteiger partial charge >= 0.3 is 5.97 Å². The average molecular weight is 426 g/mol. The van der Waals surface area contributed by atoms with E-state index < -0.39 is 0 Å². The van der Waals surface area contributed by atoms with Gasteiger partial charge < -0.3 is 14.6 Å². The second-order valence-electron chi connectivity index (χ2n) is 10.5. The minimum Gasteiger partial charge on any atom is -0.504 e. The van der Waals surface area contributed by atoms with E-state index in [1.807, 2.05) is 12.1 Å². The number of rotatable bonds is 3. The number of carbonyl (C=O) groups is 1. The molecule has 31 heavy (non-hydrogen) atoms. The van der Waals surface area contributed by atoms with Crippen LogP contribution in [0.5, 0.6) is 11.5 Å². The van der Waals surface area contributed by atoms with Gasteiger partial charge in [0.2, 0.25) is 0 Å². The lowest BCUT2D eigenvalue weighted by atomic mass is 9.59. The van der Waals surface area contributed by atoms with E-state index in [1.165, 1.54) is 30.4 Å². The van der Waals surface area contributed by atoms with Crippen molar-refractivity contribution >= 4 is 5.97 Å². The van der Waals surface area contributed by atoms with Crippen LogP contribution in [-0.4, -0.2) is 42.3 Å². The minimum atomic E-state index is -0.0980. The number of ether oxygens (including phenoxy) is 2. The van der Waals surface area contributed by atoms with Crippen LogP contribution in [0.4, 0.5) is 0 Å². The van der Waals surface area contributed by atoms with Gasteiger partial charge in [0.15, 0.2) is 11.5 Å². The van der Waals surface area contributed by atoms with Crippen molar-refractivity contribution in [3.05, 3.63) is 34.9 Å². The van der Waals surface area contributed by atoms with Crippen molar-refractivity contribution in [3.63, 3.8) is 0 Å². The number of methoxy groups -OCH3 is 1. The molecule has 6 atom stereocenters. The van der Waals surface area contributed by atoms with Crippen LogP contribution in [0.25, 0.3) is 0 Å². The first-order valence-electron chi connectivity index (χ1n) is 11.9. The normalized spacial score (nSPS) is 37.4. The van der Waals surface area contributed by atoms with E-state index in [9.17, 15) is 9.90 Å². The summed E-state index contributed by atoms with van der Waals surface area (Å²) in [6.45, 7) is 8.51. The third-order valence-corrected chi connectivity index (χ3v) is 8.62. The van der Waals surface area contributed by atoms with Gasteiger partial charge in [-0.05, 0) is 67.2 Å². The number of esters is 1. The Kier molecular flexibility index (Phi) is 5.08. The number of benzene rings is 1. The summed E-state index contributed by atoms with van der Waals surface area (Å²) in [5.74, 6) is 1.39. The highest BCUT2D eigenvalue weighted by atomic mass is 16.6. The predicted octanol–water partition coefficient (Wildman–Crippen LogP) is 4.63. The fraction of sp³-hybridized carbons (Fsp3) is 0.654. The van der Waals surface area contributed by atoms with Crippen molar-refractivity contribution in [1.29, 1.82) is 0 Å². The molecule has 1 saturated carbocycles. The van der Waals surface area contributed by atoms with Crippen LogP contribution in [0.3, 0.4) is 0 Å². The standard InChI is InChI=1S/C26H35NO4/c1-15-6-5-8-26(3)13-24-19(11-21(15)26)20(25(29)31-24)14-27-9-7-17-10-22(28)23(30-4)12-18(17)16(27)2/h10-12,15-16,19-20,24,28H,5-9,13-14H2,1-4H3. The second-order valence-corrected chi connectivity index (χ2v) is 10.5. The first-order chi connectivity index (χ1) is 14.8. The third kappa shape index (κ3) is 3.36. The van der Waals surface area contributed by atoms with Crippen molar-refractivity contribution in [2.45, 2.75) is 65.0 Å². The summed E-state index contributed by atoms with van der Waals surface area (Å²) < 4.78 is 11.3. The molecule has 4 aliphatic rings. The Hall–Kier alpha value is -2.01. The molecule has 5 nitrogen and oxygen atoms in total. The Balaban J connectivity index is 1.40. The number of fused-ring (bicyclic) bond motifs is 3. The van der Waals surface area contributed by atoms with Gasteiger partial charge in [0.05, 0.1) is 13.0 Å². The van der Waals surface area contributed by atoms with Crippen LogP contribution in [0, 0.1) is 23.2 Å². The lowest BCUT2D eigenvalue weighted by Gasteiger charge is -2.46. The van der Waals surface area contributed by atoms with Gasteiger partial charge in [-0.3, -0.25) is 9.69 Å². The average Bonchev–Trinajstić information content (AvgIpc) is 3.02. The molecule has 0 spiro atoms. The van der Waals surface area contributed by atoms with Crippen molar-refractivity contribution in [2.24, 2.45) is 23.2 Å². The maximum atomic E-state index is 13.0. The number of hydrogen-bond donors (Lipinski definition) is 1. The maximum Gasteiger partial charge on any atom is 0.311 e. The molecule has 0 aromatic heterocycles. The van der Waals surface area contributed by atoms with Gasteiger partial charge in [-0.25, -0.2) is 0 Å². The van der Waals surface area contributed by atoms with Crippen LogP contribution in [-0.2, 0) is 16.0 Å². The number of allylic oxidation sites excluding steroid dienone is 1. The molecular formula is C26H35NO4. The number of nitrogens with zero attached hydrogens (tertiary/aromatic N) is 1. The predicted molar refractivity (Wildman–Crippen MR) is 119 cm³/mol. The highest BCUT2D eigenvalue weighted by Gasteiger charge is 2.52. The number of aromatic hydroxyl groups is 1. The summed E-state index contributed by atoms with van der Waals surface area (Å²) in [6, 6.07) is 3.95. The van der Waals surface area contributed by atoms with Crippen molar-refractivity contribution in [2.75, 3.05) is 20.2 Å². The van der Waals surface area contributed by atoms with Crippen molar-refractivity contribution in [3.8, 4) is 11.5 Å². The van der Waals surface area contributed by atoms with E-state index in [0.29, 0.717) is 11.7 Å². The highest BCUT2D eigenvalue weighted by molar-refractivity contribution is 5.76. The van der Waals surface area contributed by atoms with Gasteiger partial charge in [0.25, 0.3) is 0 Å². The smallest absolute Gasteiger partial charge is 0.311 e. The fourth-order valence-electron chi connectivity index (χ4n) is 6.81. The molecule has 1 aromatic rings. The number of carbonyl (C=O) groups excluding carboxylic acids is 1. The lowest BCUT2D eigenvalue weighted by Crippen LogP contribution is -2.42. The Morgan fingerprint density at radius 2 is 2.13 bits per heavy atom. The highest BCUT2D eigenvalue weighted by Crippen LogP contribution is 2.54. The van der Waals surface area contributed by atoms with Crippen LogP contribution in [0.1, 0.15) is 63.6 Å². The van der Waals surface area contributed by atoms with Crippen LogP contribution >= 0.6 is 0 Å². The van der Waals surface area contributed by atoms with Gasteiger partial charge in [-0.15, -0.1) is 0 Å². The number of hydrogen-bond acceptors (Lipinski definition) is 5. The molecule has 2 fully saturated rings. The summed E-state index contributed by atoms with van der Waals surface area (Å²) >= 11 is 0. The summed E-state index contributed by atoms with van der Waals surface area (Å²) in [5.41, 5.74) is 4.12. The summed E-state index contributed by atoms with van der Waals surface area (Å²) in [4.78, 5) is 15.4. The van der Waals surface area contributed by atoms with E-state index >= 15 is 0 Å². The van der Waals surface area contributed by atoms with Crippen LogP contribution in [0.15, 0.2) is 23.8 Å². The van der Waals surface area contributed by atoms with E-state index in [4.69, 9.17) is 9.47 Å². The van der Waals surface area contributed by atoms with E-state index in [-0.39, 0.29) is 41.1 Å². The molecule has 0 radical (unpaired) electrons. The largest absolute Gasteiger partial charge is 0.504 e. The van der Waals surface area contributed by atoms with Crippen molar-refractivity contribution < 1.29 is 19.4 Å². The lowest BCUT2D eigenvalue weighted by molar-refractivity contribution is -0.145. The summed E-state index contributed by atoms with van der Waals surface area (Å²) in [5, 5.41) is 10.1. The zero-order valence-electron chi connectivity index (χ0n) is 19.2. The summed E-state index contributed by atoms with van der Waals surface area (Å²) in [7, 11) is 1.58. The zero-order chi connectivity index (χ0) is 21.9. The van der Waals surface area contributed by atoms with Crippen LogP contribution in [0.2, 0.25) is 0 Å². The maximum absolute atomic E-state index is 13.0. The molecule has 0 amide bonds. The van der Waals surface area contributed by atoms with E-state index in [2.05, 4.69) is 31.7 Å². The van der Waals surface area contributed by atoms with Gasteiger partial charge in [-0.1, -0.05) is 31.9 Å². The zero-order valence-corrected chi connectivity index (χ0v) is 19.2. The second kappa shape index (κ2) is 7.54. The van der Waals surface area contributed by atoms with Crippen molar-refractivity contribution in [1.82, 2.24) is 4.90 Å². The number of phenols is 1. The quantitative estimate of drug-likeness (QED) is 0.565. The first-order valence-corrected chi connectivity index (χ1v) is 11.9. The molecule has 2 aliphatic heterocycles. The first kappa shape index (κ1) is 20.9. The monoisotopic (exact) mass is 425 g/mol.